The minimum atomic E-state index is -1.45. The first kappa shape index (κ1) is 29.3. The van der Waals surface area contributed by atoms with Gasteiger partial charge < -0.3 is 37.5 Å². The van der Waals surface area contributed by atoms with Gasteiger partial charge in [0.2, 0.25) is 23.6 Å². The van der Waals surface area contributed by atoms with E-state index < -0.39 is 66.1 Å². The van der Waals surface area contributed by atoms with Gasteiger partial charge in [-0.3, -0.25) is 19.2 Å². The SMILES string of the molecule is CC(C)C(N)C(=O)NC(Cc1c[nH]c2ccccc12)C(=O)NC(CC(N)=O)C(=O)NC(C(=O)O)C(C)C. The average molecular weight is 517 g/mol. The number of carbonyl (C=O) groups is 5. The van der Waals surface area contributed by atoms with E-state index in [0.717, 1.165) is 16.5 Å². The molecule has 0 saturated carbocycles. The topological polar surface area (TPSA) is 209 Å². The van der Waals surface area contributed by atoms with Crippen LogP contribution in [0.5, 0.6) is 0 Å². The Morgan fingerprint density at radius 1 is 0.892 bits per heavy atom. The van der Waals surface area contributed by atoms with Crippen molar-refractivity contribution < 1.29 is 29.1 Å². The zero-order chi connectivity index (χ0) is 27.9. The predicted octanol–water partition coefficient (Wildman–Crippen LogP) is -0.236. The van der Waals surface area contributed by atoms with Crippen LogP contribution in [0.4, 0.5) is 0 Å². The Hall–Kier alpha value is -3.93. The lowest BCUT2D eigenvalue weighted by Crippen LogP contribution is -2.59. The summed E-state index contributed by atoms with van der Waals surface area (Å²) in [7, 11) is 0. The summed E-state index contributed by atoms with van der Waals surface area (Å²) >= 11 is 0. The van der Waals surface area contributed by atoms with E-state index >= 15 is 0 Å². The van der Waals surface area contributed by atoms with Crippen LogP contribution in [-0.4, -0.2) is 63.9 Å². The number of nitrogens with two attached hydrogens (primary N) is 2. The summed E-state index contributed by atoms with van der Waals surface area (Å²) in [6.45, 7) is 6.73. The smallest absolute Gasteiger partial charge is 0.326 e. The number of hydrogen-bond acceptors (Lipinski definition) is 6. The number of aromatic amines is 1. The van der Waals surface area contributed by atoms with Crippen LogP contribution in [0, 0.1) is 11.8 Å². The molecule has 1 aromatic carbocycles. The molecule has 0 saturated heterocycles. The molecule has 202 valence electrons. The Balaban J connectivity index is 2.32. The number of carbonyl (C=O) groups excluding carboxylic acids is 4. The molecule has 37 heavy (non-hydrogen) atoms. The van der Waals surface area contributed by atoms with E-state index in [1.54, 1.807) is 33.9 Å². The Labute approximate surface area is 214 Å². The van der Waals surface area contributed by atoms with Crippen LogP contribution >= 0.6 is 0 Å². The summed E-state index contributed by atoms with van der Waals surface area (Å²) in [4.78, 5) is 65.2. The first-order chi connectivity index (χ1) is 17.3. The number of aromatic nitrogens is 1. The fourth-order valence-corrected chi connectivity index (χ4v) is 3.75. The molecule has 9 N–H and O–H groups in total. The fraction of sp³-hybridized carbons (Fsp3) is 0.480. The molecule has 0 aliphatic carbocycles. The van der Waals surface area contributed by atoms with Crippen LogP contribution in [-0.2, 0) is 30.4 Å². The first-order valence-corrected chi connectivity index (χ1v) is 12.0. The summed E-state index contributed by atoms with van der Waals surface area (Å²) in [5.41, 5.74) is 12.8. The maximum absolute atomic E-state index is 13.4. The molecule has 4 atom stereocenters. The molecule has 4 amide bonds. The molecule has 0 fully saturated rings. The van der Waals surface area contributed by atoms with Gasteiger partial charge in [-0.1, -0.05) is 45.9 Å². The van der Waals surface area contributed by atoms with Gasteiger partial charge in [-0.2, -0.15) is 0 Å². The van der Waals surface area contributed by atoms with Crippen LogP contribution in [0.25, 0.3) is 10.9 Å². The van der Waals surface area contributed by atoms with E-state index in [1.807, 2.05) is 24.3 Å². The van der Waals surface area contributed by atoms with E-state index in [1.165, 1.54) is 0 Å². The van der Waals surface area contributed by atoms with Gasteiger partial charge in [0.25, 0.3) is 0 Å². The summed E-state index contributed by atoms with van der Waals surface area (Å²) in [5, 5.41) is 17.7. The van der Waals surface area contributed by atoms with Crippen LogP contribution in [0.2, 0.25) is 0 Å². The summed E-state index contributed by atoms with van der Waals surface area (Å²) in [5.74, 6) is -5.00. The number of H-pyrrole nitrogens is 1. The Morgan fingerprint density at radius 3 is 2.05 bits per heavy atom. The van der Waals surface area contributed by atoms with Crippen LogP contribution < -0.4 is 27.4 Å². The number of carboxylic acid groups (broad SMARTS) is 1. The maximum Gasteiger partial charge on any atom is 0.326 e. The van der Waals surface area contributed by atoms with Gasteiger partial charge in [0.1, 0.15) is 18.1 Å². The molecule has 0 radical (unpaired) electrons. The van der Waals surface area contributed by atoms with E-state index in [9.17, 15) is 29.1 Å². The summed E-state index contributed by atoms with van der Waals surface area (Å²) in [6.07, 6.45) is 1.20. The second-order valence-corrected chi connectivity index (χ2v) is 9.69. The van der Waals surface area contributed by atoms with Crippen molar-refractivity contribution in [2.75, 3.05) is 0 Å². The van der Waals surface area contributed by atoms with E-state index in [2.05, 4.69) is 20.9 Å². The highest BCUT2D eigenvalue weighted by Crippen LogP contribution is 2.19. The summed E-state index contributed by atoms with van der Waals surface area (Å²) < 4.78 is 0. The second kappa shape index (κ2) is 12.9. The van der Waals surface area contributed by atoms with E-state index in [-0.39, 0.29) is 12.3 Å². The number of rotatable bonds is 13. The third-order valence-corrected chi connectivity index (χ3v) is 6.02. The molecule has 12 heteroatoms. The minimum absolute atomic E-state index is 0.0566. The zero-order valence-electron chi connectivity index (χ0n) is 21.4. The van der Waals surface area contributed by atoms with Gasteiger partial charge in [0, 0.05) is 23.5 Å². The number of hydrogen-bond donors (Lipinski definition) is 7. The lowest BCUT2D eigenvalue weighted by atomic mass is 10.0. The van der Waals surface area contributed by atoms with E-state index in [4.69, 9.17) is 11.5 Å². The molecule has 12 nitrogen and oxygen atoms in total. The maximum atomic E-state index is 13.4. The number of primary amides is 1. The van der Waals surface area contributed by atoms with Crippen molar-refractivity contribution in [3.05, 3.63) is 36.0 Å². The van der Waals surface area contributed by atoms with Gasteiger partial charge in [-0.05, 0) is 23.5 Å². The van der Waals surface area contributed by atoms with Crippen molar-refractivity contribution in [1.82, 2.24) is 20.9 Å². The number of amides is 4. The number of aliphatic carboxylic acids is 1. The largest absolute Gasteiger partial charge is 0.480 e. The molecule has 2 aromatic rings. The van der Waals surface area contributed by atoms with Gasteiger partial charge in [-0.15, -0.1) is 0 Å². The van der Waals surface area contributed by atoms with Gasteiger partial charge in [-0.25, -0.2) is 4.79 Å². The minimum Gasteiger partial charge on any atom is -0.480 e. The van der Waals surface area contributed by atoms with Crippen molar-refractivity contribution in [1.29, 1.82) is 0 Å². The third kappa shape index (κ3) is 8.04. The molecular formula is C25H36N6O6. The second-order valence-electron chi connectivity index (χ2n) is 9.69. The number of nitrogens with one attached hydrogen (secondary N) is 4. The van der Waals surface area contributed by atoms with Crippen LogP contribution in [0.3, 0.4) is 0 Å². The quantitative estimate of drug-likeness (QED) is 0.190. The van der Waals surface area contributed by atoms with Gasteiger partial charge >= 0.3 is 5.97 Å². The van der Waals surface area contributed by atoms with Gasteiger partial charge in [0.05, 0.1) is 12.5 Å². The molecule has 2 rings (SSSR count). The van der Waals surface area contributed by atoms with Crippen molar-refractivity contribution >= 4 is 40.5 Å². The number of fused-ring (bicyclic) bond motifs is 1. The van der Waals surface area contributed by atoms with Crippen LogP contribution in [0.1, 0.15) is 39.7 Å². The normalized spacial score (nSPS) is 14.6. The number of benzene rings is 1. The first-order valence-electron chi connectivity index (χ1n) is 12.0. The highest BCUT2D eigenvalue weighted by atomic mass is 16.4. The molecule has 0 aliphatic rings. The standard InChI is InChI=1S/C25H36N6O6/c1-12(2)20(27)24(35)30-17(9-14-11-28-16-8-6-5-7-15(14)16)22(33)29-18(10-19(26)32)23(34)31-21(13(3)4)25(36)37/h5-8,11-13,17-18,20-21,28H,9-10,27H2,1-4H3,(H2,26,32)(H,29,33)(H,30,35)(H,31,34)(H,36,37). The lowest BCUT2D eigenvalue weighted by Gasteiger charge is -2.26. The van der Waals surface area contributed by atoms with Crippen molar-refractivity contribution in [2.24, 2.45) is 23.3 Å². The Bertz CT molecular complexity index is 1140. The zero-order valence-corrected chi connectivity index (χ0v) is 21.4. The predicted molar refractivity (Wildman–Crippen MR) is 137 cm³/mol. The number of carboxylic acids is 1. The molecule has 1 aromatic heterocycles. The molecule has 0 bridgehead atoms. The Kier molecular flexibility index (Phi) is 10.2. The van der Waals surface area contributed by atoms with Crippen LogP contribution in [0.15, 0.2) is 30.5 Å². The highest BCUT2D eigenvalue weighted by molar-refractivity contribution is 5.96. The molecule has 4 unspecified atom stereocenters. The highest BCUT2D eigenvalue weighted by Gasteiger charge is 2.32. The van der Waals surface area contributed by atoms with Crippen molar-refractivity contribution in [3.63, 3.8) is 0 Å². The monoisotopic (exact) mass is 516 g/mol. The van der Waals surface area contributed by atoms with Crippen molar-refractivity contribution in [3.8, 4) is 0 Å². The summed E-state index contributed by atoms with van der Waals surface area (Å²) in [6, 6.07) is 2.68. The third-order valence-electron chi connectivity index (χ3n) is 6.02. The fourth-order valence-electron chi connectivity index (χ4n) is 3.75. The number of para-hydroxylation sites is 1. The average Bonchev–Trinajstić information content (AvgIpc) is 3.22. The molecule has 0 spiro atoms. The van der Waals surface area contributed by atoms with E-state index in [0.29, 0.717) is 0 Å². The van der Waals surface area contributed by atoms with Crippen molar-refractivity contribution in [2.45, 2.75) is 64.7 Å². The lowest BCUT2D eigenvalue weighted by molar-refractivity contribution is -0.143. The van der Waals surface area contributed by atoms with Gasteiger partial charge in [0.15, 0.2) is 0 Å². The molecular weight excluding hydrogens is 480 g/mol. The Morgan fingerprint density at radius 2 is 1.49 bits per heavy atom. The molecule has 0 aliphatic heterocycles. The molecule has 1 heterocycles.